The van der Waals surface area contributed by atoms with Crippen LogP contribution in [0.5, 0.6) is 0 Å². The first-order valence-electron chi connectivity index (χ1n) is 5.61. The fraction of sp³-hybridized carbons (Fsp3) is 0.364. The summed E-state index contributed by atoms with van der Waals surface area (Å²) < 4.78 is 5.47. The van der Waals surface area contributed by atoms with Crippen LogP contribution < -0.4 is 5.32 Å². The summed E-state index contributed by atoms with van der Waals surface area (Å²) in [5.74, 6) is 0.858. The van der Waals surface area contributed by atoms with E-state index in [1.807, 2.05) is 17.5 Å². The lowest BCUT2D eigenvalue weighted by atomic mass is 10.5. The lowest BCUT2D eigenvalue weighted by molar-refractivity contribution is -0.118. The van der Waals surface area contributed by atoms with Gasteiger partial charge in [-0.25, -0.2) is 0 Å². The maximum atomic E-state index is 11.5. The molecule has 1 N–H and O–H groups in total. The number of hydrogen-bond donors (Lipinski definition) is 1. The second kappa shape index (κ2) is 5.11. The standard InChI is InChI=1S/C11H11N3O2S2/c15-9(12-7-3-4-7)6-18-11-14-13-10(16-11)8-2-1-5-17-8/h1-2,5,7H,3-4,6H2,(H,12,15). The van der Waals surface area contributed by atoms with E-state index in [0.717, 1.165) is 17.7 Å². The summed E-state index contributed by atoms with van der Waals surface area (Å²) in [7, 11) is 0. The first kappa shape index (κ1) is 11.7. The second-order valence-electron chi connectivity index (χ2n) is 3.98. The molecular weight excluding hydrogens is 270 g/mol. The molecule has 1 aliphatic rings. The van der Waals surface area contributed by atoms with Crippen molar-refractivity contribution in [3.8, 4) is 10.8 Å². The Morgan fingerprint density at radius 3 is 3.17 bits per heavy atom. The number of hydrogen-bond acceptors (Lipinski definition) is 6. The van der Waals surface area contributed by atoms with E-state index in [1.54, 1.807) is 11.3 Å². The smallest absolute Gasteiger partial charge is 0.277 e. The third kappa shape index (κ3) is 2.91. The van der Waals surface area contributed by atoms with E-state index >= 15 is 0 Å². The van der Waals surface area contributed by atoms with Gasteiger partial charge in [0.2, 0.25) is 5.91 Å². The summed E-state index contributed by atoms with van der Waals surface area (Å²) in [6.07, 6.45) is 2.19. The van der Waals surface area contributed by atoms with Gasteiger partial charge in [-0.1, -0.05) is 17.8 Å². The number of amides is 1. The number of nitrogens with one attached hydrogen (secondary N) is 1. The Kier molecular flexibility index (Phi) is 3.33. The van der Waals surface area contributed by atoms with Crippen molar-refractivity contribution in [1.29, 1.82) is 0 Å². The zero-order chi connectivity index (χ0) is 12.4. The van der Waals surface area contributed by atoms with Gasteiger partial charge in [0.1, 0.15) is 0 Å². The fourth-order valence-corrected chi connectivity index (χ4v) is 2.61. The molecule has 1 saturated carbocycles. The SMILES string of the molecule is O=C(CSc1nnc(-c2cccs2)o1)NC1CC1. The molecule has 0 aromatic carbocycles. The molecule has 3 rings (SSSR count). The molecule has 0 bridgehead atoms. The van der Waals surface area contributed by atoms with Crippen LogP contribution in [0.3, 0.4) is 0 Å². The molecule has 1 aliphatic carbocycles. The zero-order valence-corrected chi connectivity index (χ0v) is 11.1. The van der Waals surface area contributed by atoms with Gasteiger partial charge < -0.3 is 9.73 Å². The van der Waals surface area contributed by atoms with Gasteiger partial charge in [0.15, 0.2) is 0 Å². The molecule has 2 aromatic heterocycles. The average Bonchev–Trinajstić information content (AvgIpc) is 2.87. The number of carbonyl (C=O) groups is 1. The van der Waals surface area contributed by atoms with Crippen LogP contribution in [0.2, 0.25) is 0 Å². The van der Waals surface area contributed by atoms with Crippen molar-refractivity contribution in [3.63, 3.8) is 0 Å². The third-order valence-corrected chi connectivity index (χ3v) is 4.08. The summed E-state index contributed by atoms with van der Waals surface area (Å²) >= 11 is 2.81. The third-order valence-electron chi connectivity index (χ3n) is 2.41. The van der Waals surface area contributed by atoms with Crippen molar-refractivity contribution in [2.75, 3.05) is 5.75 Å². The van der Waals surface area contributed by atoms with E-state index in [2.05, 4.69) is 15.5 Å². The quantitative estimate of drug-likeness (QED) is 0.851. The summed E-state index contributed by atoms with van der Waals surface area (Å²) in [4.78, 5) is 12.4. The number of rotatable bonds is 5. The molecule has 0 radical (unpaired) electrons. The van der Waals surface area contributed by atoms with Gasteiger partial charge in [0, 0.05) is 6.04 Å². The highest BCUT2D eigenvalue weighted by atomic mass is 32.2. The summed E-state index contributed by atoms with van der Waals surface area (Å²) in [5, 5.41) is 13.2. The van der Waals surface area contributed by atoms with Gasteiger partial charge in [-0.05, 0) is 24.3 Å². The first-order valence-corrected chi connectivity index (χ1v) is 7.47. The van der Waals surface area contributed by atoms with Crippen LogP contribution >= 0.6 is 23.1 Å². The van der Waals surface area contributed by atoms with Crippen LogP contribution in [-0.4, -0.2) is 27.9 Å². The van der Waals surface area contributed by atoms with Crippen LogP contribution in [-0.2, 0) is 4.79 Å². The Hall–Kier alpha value is -1.34. The van der Waals surface area contributed by atoms with E-state index in [0.29, 0.717) is 22.9 Å². The first-order chi connectivity index (χ1) is 8.81. The Morgan fingerprint density at radius 2 is 2.44 bits per heavy atom. The van der Waals surface area contributed by atoms with Gasteiger partial charge in [-0.15, -0.1) is 21.5 Å². The average molecular weight is 281 g/mol. The highest BCUT2D eigenvalue weighted by Gasteiger charge is 2.23. The highest BCUT2D eigenvalue weighted by Crippen LogP contribution is 2.26. The largest absolute Gasteiger partial charge is 0.410 e. The summed E-state index contributed by atoms with van der Waals surface area (Å²) in [6, 6.07) is 4.24. The van der Waals surface area contributed by atoms with Crippen LogP contribution in [0.15, 0.2) is 27.2 Å². The van der Waals surface area contributed by atoms with E-state index in [4.69, 9.17) is 4.42 Å². The van der Waals surface area contributed by atoms with Gasteiger partial charge >= 0.3 is 0 Å². The minimum absolute atomic E-state index is 0.0263. The predicted octanol–water partition coefficient (Wildman–Crippen LogP) is 2.17. The fourth-order valence-electron chi connectivity index (χ4n) is 1.39. The van der Waals surface area contributed by atoms with Crippen LogP contribution in [0, 0.1) is 0 Å². The maximum Gasteiger partial charge on any atom is 0.277 e. The number of thiophene rings is 1. The van der Waals surface area contributed by atoms with E-state index < -0.39 is 0 Å². The lowest BCUT2D eigenvalue weighted by Gasteiger charge is -1.99. The zero-order valence-electron chi connectivity index (χ0n) is 9.46. The van der Waals surface area contributed by atoms with E-state index in [1.165, 1.54) is 11.8 Å². The molecule has 0 atom stereocenters. The number of nitrogens with zero attached hydrogens (tertiary/aromatic N) is 2. The molecule has 0 aliphatic heterocycles. The summed E-state index contributed by atoms with van der Waals surface area (Å²) in [5.41, 5.74) is 0. The van der Waals surface area contributed by atoms with Crippen LogP contribution in [0.1, 0.15) is 12.8 Å². The van der Waals surface area contributed by atoms with Gasteiger partial charge in [-0.2, -0.15) is 0 Å². The molecule has 2 heterocycles. The molecule has 0 unspecified atom stereocenters. The van der Waals surface area contributed by atoms with Gasteiger partial charge in [0.25, 0.3) is 11.1 Å². The Labute approximate surface area is 112 Å². The monoisotopic (exact) mass is 281 g/mol. The molecule has 7 heteroatoms. The Balaban J connectivity index is 1.55. The molecule has 0 spiro atoms. The second-order valence-corrected chi connectivity index (χ2v) is 5.86. The summed E-state index contributed by atoms with van der Waals surface area (Å²) in [6.45, 7) is 0. The Morgan fingerprint density at radius 1 is 1.56 bits per heavy atom. The highest BCUT2D eigenvalue weighted by molar-refractivity contribution is 7.99. The van der Waals surface area contributed by atoms with E-state index in [9.17, 15) is 4.79 Å². The van der Waals surface area contributed by atoms with Gasteiger partial charge in [0.05, 0.1) is 10.6 Å². The van der Waals surface area contributed by atoms with Crippen molar-refractivity contribution >= 4 is 29.0 Å². The number of aromatic nitrogens is 2. The van der Waals surface area contributed by atoms with Crippen LogP contribution in [0.25, 0.3) is 10.8 Å². The molecule has 0 saturated heterocycles. The van der Waals surface area contributed by atoms with Crippen molar-refractivity contribution in [2.24, 2.45) is 0 Å². The Bertz CT molecular complexity index is 534. The van der Waals surface area contributed by atoms with Crippen molar-refractivity contribution in [1.82, 2.24) is 15.5 Å². The maximum absolute atomic E-state index is 11.5. The minimum atomic E-state index is 0.0263. The molecule has 94 valence electrons. The minimum Gasteiger partial charge on any atom is -0.410 e. The van der Waals surface area contributed by atoms with Crippen molar-refractivity contribution in [3.05, 3.63) is 17.5 Å². The van der Waals surface area contributed by atoms with E-state index in [-0.39, 0.29) is 5.91 Å². The number of carbonyl (C=O) groups excluding carboxylic acids is 1. The molecule has 18 heavy (non-hydrogen) atoms. The van der Waals surface area contributed by atoms with Crippen molar-refractivity contribution < 1.29 is 9.21 Å². The lowest BCUT2D eigenvalue weighted by Crippen LogP contribution is -2.26. The molecule has 2 aromatic rings. The number of thioether (sulfide) groups is 1. The normalized spacial score (nSPS) is 14.7. The van der Waals surface area contributed by atoms with Crippen LogP contribution in [0.4, 0.5) is 0 Å². The van der Waals surface area contributed by atoms with Crippen molar-refractivity contribution in [2.45, 2.75) is 24.1 Å². The predicted molar refractivity (Wildman–Crippen MR) is 69.5 cm³/mol. The topological polar surface area (TPSA) is 68.0 Å². The molecule has 5 nitrogen and oxygen atoms in total. The van der Waals surface area contributed by atoms with Gasteiger partial charge in [-0.3, -0.25) is 4.79 Å². The molecular formula is C11H11N3O2S2. The molecule has 1 amide bonds. The molecule has 1 fully saturated rings.